The summed E-state index contributed by atoms with van der Waals surface area (Å²) in [5, 5.41) is 8.32. The Hall–Kier alpha value is -2.50. The van der Waals surface area contributed by atoms with Crippen LogP contribution in [0.2, 0.25) is 5.02 Å². The van der Waals surface area contributed by atoms with E-state index in [1.54, 1.807) is 19.9 Å². The van der Waals surface area contributed by atoms with Crippen LogP contribution in [-0.2, 0) is 14.8 Å². The van der Waals surface area contributed by atoms with E-state index in [1.807, 2.05) is 0 Å². The van der Waals surface area contributed by atoms with Gasteiger partial charge < -0.3 is 15.0 Å². The molecule has 0 unspecified atom stereocenters. The number of fused-ring (bicyclic) bond motifs is 2. The van der Waals surface area contributed by atoms with E-state index in [1.165, 1.54) is 18.5 Å². The molecule has 0 aliphatic carbocycles. The van der Waals surface area contributed by atoms with Crippen LogP contribution < -0.4 is 20.1 Å². The largest absolute Gasteiger partial charge is 0.459 e. The van der Waals surface area contributed by atoms with Crippen molar-refractivity contribution in [2.24, 2.45) is 5.14 Å². The number of sulfonamides is 1. The lowest BCUT2D eigenvalue weighted by Crippen LogP contribution is -2.55. The number of rotatable bonds is 6. The molecule has 2 aromatic heterocycles. The maximum atomic E-state index is 14.1. The lowest BCUT2D eigenvalue weighted by Gasteiger charge is -2.40. The molecule has 2 aromatic rings. The van der Waals surface area contributed by atoms with Gasteiger partial charge in [-0.15, -0.1) is 0 Å². The van der Waals surface area contributed by atoms with E-state index in [0.29, 0.717) is 18.7 Å². The smallest absolute Gasteiger partial charge is 0.263 e. The number of anilines is 1. The normalized spacial score (nSPS) is 22.8. The van der Waals surface area contributed by atoms with Crippen LogP contribution in [0, 0.1) is 5.82 Å². The average Bonchev–Trinajstić information content (AvgIpc) is 3.00. The molecule has 33 heavy (non-hydrogen) atoms. The number of amides is 1. The summed E-state index contributed by atoms with van der Waals surface area (Å²) in [5.74, 6) is -0.709. The van der Waals surface area contributed by atoms with Gasteiger partial charge in [0, 0.05) is 30.5 Å². The highest BCUT2D eigenvalue weighted by Crippen LogP contribution is 2.39. The van der Waals surface area contributed by atoms with E-state index in [-0.39, 0.29) is 39.8 Å². The zero-order valence-electron chi connectivity index (χ0n) is 18.2. The van der Waals surface area contributed by atoms with Crippen molar-refractivity contribution in [1.82, 2.24) is 15.3 Å². The zero-order valence-corrected chi connectivity index (χ0v) is 19.7. The Morgan fingerprint density at radius 3 is 2.45 bits per heavy atom. The maximum absolute atomic E-state index is 14.1. The van der Waals surface area contributed by atoms with Crippen LogP contribution in [0.25, 0.3) is 0 Å². The number of ether oxygens (including phenoxy) is 1. The maximum Gasteiger partial charge on any atom is 0.263 e. The highest BCUT2D eigenvalue weighted by molar-refractivity contribution is 7.89. The van der Waals surface area contributed by atoms with Gasteiger partial charge in [0.1, 0.15) is 10.7 Å². The van der Waals surface area contributed by atoms with E-state index in [0.717, 1.165) is 18.9 Å². The van der Waals surface area contributed by atoms with Crippen LogP contribution >= 0.6 is 11.6 Å². The summed E-state index contributed by atoms with van der Waals surface area (Å²) in [4.78, 5) is 23.2. The molecule has 2 fully saturated rings. The van der Waals surface area contributed by atoms with Crippen molar-refractivity contribution in [2.75, 3.05) is 4.90 Å². The summed E-state index contributed by atoms with van der Waals surface area (Å²) < 4.78 is 42.6. The number of halogens is 2. The molecule has 0 radical (unpaired) electrons. The fourth-order valence-corrected chi connectivity index (χ4v) is 5.09. The van der Waals surface area contributed by atoms with E-state index in [4.69, 9.17) is 21.5 Å². The monoisotopic (exact) mass is 497 g/mol. The number of hydrogen-bond acceptors (Lipinski definition) is 7. The number of piperidine rings is 1. The predicted octanol–water partition coefficient (Wildman–Crippen LogP) is 2.39. The van der Waals surface area contributed by atoms with Crippen LogP contribution in [0.4, 0.5) is 10.2 Å². The van der Waals surface area contributed by atoms with Crippen molar-refractivity contribution in [3.8, 4) is 5.88 Å². The van der Waals surface area contributed by atoms with Gasteiger partial charge >= 0.3 is 0 Å². The summed E-state index contributed by atoms with van der Waals surface area (Å²) in [5.41, 5.74) is -1.34. The molecule has 2 aliphatic heterocycles. The standard InChI is InChI=1S/C21H25ClFN5O4S/c1-21(2,32-19-17(23)7-12(22)10-26-19)20(29)27-13-8-14-3-4-15(9-13)28(14)18-6-5-16(11-25-18)33(24,30)31/h5-7,10-11,13-15H,3-4,8-9H2,1-2H3,(H,27,29)(H2,24,30,31)/t13-,14+,15-. The van der Waals surface area contributed by atoms with Gasteiger partial charge in [-0.25, -0.2) is 27.9 Å². The minimum Gasteiger partial charge on any atom is -0.459 e. The number of primary sulfonamides is 1. The van der Waals surface area contributed by atoms with E-state index in [9.17, 15) is 17.6 Å². The first kappa shape index (κ1) is 23.7. The Morgan fingerprint density at radius 2 is 1.91 bits per heavy atom. The molecule has 2 bridgehead atoms. The number of pyridine rings is 2. The molecule has 3 N–H and O–H groups in total. The van der Waals surface area contributed by atoms with Crippen LogP contribution in [-0.4, -0.2) is 48.0 Å². The van der Waals surface area contributed by atoms with Crippen molar-refractivity contribution in [2.45, 2.75) is 68.2 Å². The van der Waals surface area contributed by atoms with E-state index < -0.39 is 21.4 Å². The molecule has 1 amide bonds. The fraction of sp³-hybridized carbons (Fsp3) is 0.476. The van der Waals surface area contributed by atoms with Gasteiger partial charge in [-0.3, -0.25) is 4.79 Å². The summed E-state index contributed by atoms with van der Waals surface area (Å²) >= 11 is 5.72. The third kappa shape index (κ3) is 5.04. The molecule has 4 heterocycles. The Kier molecular flexibility index (Phi) is 6.23. The van der Waals surface area contributed by atoms with Crippen molar-refractivity contribution in [1.29, 1.82) is 0 Å². The SMILES string of the molecule is CC(C)(Oc1ncc(Cl)cc1F)C(=O)N[C@H]1C[C@H]2CC[C@@H](C1)N2c1ccc(S(N)(=O)=O)cn1. The van der Waals surface area contributed by atoms with Crippen molar-refractivity contribution >= 4 is 33.3 Å². The van der Waals surface area contributed by atoms with E-state index >= 15 is 0 Å². The van der Waals surface area contributed by atoms with E-state index in [2.05, 4.69) is 20.2 Å². The fourth-order valence-electron chi connectivity index (χ4n) is 4.49. The molecule has 3 atom stereocenters. The number of nitrogens with two attached hydrogens (primary N) is 1. The number of nitrogens with zero attached hydrogens (tertiary/aromatic N) is 3. The minimum absolute atomic E-state index is 0.0328. The molecule has 178 valence electrons. The summed E-state index contributed by atoms with van der Waals surface area (Å²) in [6.45, 7) is 3.11. The second-order valence-electron chi connectivity index (χ2n) is 8.88. The quantitative estimate of drug-likeness (QED) is 0.627. The number of carbonyl (C=O) groups excluding carboxylic acids is 1. The molecular formula is C21H25ClFN5O4S. The van der Waals surface area contributed by atoms with Gasteiger partial charge in [-0.1, -0.05) is 11.6 Å². The second-order valence-corrected chi connectivity index (χ2v) is 10.9. The Morgan fingerprint density at radius 1 is 1.24 bits per heavy atom. The Balaban J connectivity index is 1.41. The van der Waals surface area contributed by atoms with Gasteiger partial charge in [0.15, 0.2) is 11.4 Å². The number of nitrogens with one attached hydrogen (secondary N) is 1. The number of aromatic nitrogens is 2. The molecule has 0 spiro atoms. The number of hydrogen-bond donors (Lipinski definition) is 2. The molecular weight excluding hydrogens is 473 g/mol. The molecule has 12 heteroatoms. The topological polar surface area (TPSA) is 128 Å². The molecule has 2 aliphatic rings. The first-order valence-electron chi connectivity index (χ1n) is 10.5. The van der Waals surface area contributed by atoms with Crippen molar-refractivity contribution in [3.63, 3.8) is 0 Å². The third-order valence-corrected chi connectivity index (χ3v) is 7.16. The van der Waals surface area contributed by atoms with Crippen molar-refractivity contribution < 1.29 is 22.3 Å². The van der Waals surface area contributed by atoms with Crippen LogP contribution in [0.1, 0.15) is 39.5 Å². The zero-order chi connectivity index (χ0) is 24.0. The highest BCUT2D eigenvalue weighted by atomic mass is 35.5. The van der Waals surface area contributed by atoms with Gasteiger partial charge in [0.05, 0.1) is 5.02 Å². The molecule has 9 nitrogen and oxygen atoms in total. The summed E-state index contributed by atoms with van der Waals surface area (Å²) in [7, 11) is -3.80. The predicted molar refractivity (Wildman–Crippen MR) is 120 cm³/mol. The first-order valence-corrected chi connectivity index (χ1v) is 12.4. The third-order valence-electron chi connectivity index (χ3n) is 6.05. The Labute approximate surface area is 196 Å². The minimum atomic E-state index is -3.80. The second kappa shape index (κ2) is 8.69. The highest BCUT2D eigenvalue weighted by Gasteiger charge is 2.43. The Bertz CT molecular complexity index is 1150. The molecule has 0 aromatic carbocycles. The molecule has 0 saturated carbocycles. The number of carbonyl (C=O) groups is 1. The van der Waals surface area contributed by atoms with Gasteiger partial charge in [-0.05, 0) is 57.7 Å². The molecule has 4 rings (SSSR count). The van der Waals surface area contributed by atoms with Crippen molar-refractivity contribution in [3.05, 3.63) is 41.4 Å². The van der Waals surface area contributed by atoms with Crippen LogP contribution in [0.5, 0.6) is 5.88 Å². The van der Waals surface area contributed by atoms with Gasteiger partial charge in [0.25, 0.3) is 11.8 Å². The van der Waals surface area contributed by atoms with Gasteiger partial charge in [-0.2, -0.15) is 0 Å². The summed E-state index contributed by atoms with van der Waals surface area (Å²) in [6, 6.07) is 4.42. The van der Waals surface area contributed by atoms with Gasteiger partial charge in [0.2, 0.25) is 10.0 Å². The van der Waals surface area contributed by atoms with Crippen LogP contribution in [0.15, 0.2) is 35.5 Å². The lowest BCUT2D eigenvalue weighted by molar-refractivity contribution is -0.135. The van der Waals surface area contributed by atoms with Crippen LogP contribution in [0.3, 0.4) is 0 Å². The molecule has 2 saturated heterocycles. The summed E-state index contributed by atoms with van der Waals surface area (Å²) in [6.07, 6.45) is 5.80. The average molecular weight is 498 g/mol. The first-order chi connectivity index (χ1) is 15.4. The lowest BCUT2D eigenvalue weighted by atomic mass is 9.96.